The summed E-state index contributed by atoms with van der Waals surface area (Å²) in [7, 11) is 0. The summed E-state index contributed by atoms with van der Waals surface area (Å²) in [5.41, 5.74) is 3.13. The van der Waals surface area contributed by atoms with Crippen LogP contribution in [0.2, 0.25) is 10.0 Å². The molecular formula is C16H19Cl2N3O. The fourth-order valence-corrected chi connectivity index (χ4v) is 3.65. The Morgan fingerprint density at radius 1 is 1.23 bits per heavy atom. The number of aliphatic hydroxyl groups excluding tert-OH is 1. The number of β-amino-alcohol motifs (C(OH)–C–C–N with tert-alkyl or cyclic N) is 1. The predicted octanol–water partition coefficient (Wildman–Crippen LogP) is 3.06. The summed E-state index contributed by atoms with van der Waals surface area (Å²) >= 11 is 12.1. The van der Waals surface area contributed by atoms with E-state index in [-0.39, 0.29) is 12.0 Å². The average Bonchev–Trinajstić information content (AvgIpc) is 2.95. The van der Waals surface area contributed by atoms with Crippen molar-refractivity contribution in [3.8, 4) is 0 Å². The van der Waals surface area contributed by atoms with Crippen LogP contribution in [0.25, 0.3) is 0 Å². The fourth-order valence-electron chi connectivity index (χ4n) is 3.08. The lowest BCUT2D eigenvalue weighted by atomic mass is 10.0. The van der Waals surface area contributed by atoms with Crippen LogP contribution in [0.5, 0.6) is 0 Å². The number of nitrogens with one attached hydrogen (secondary N) is 1. The Morgan fingerprint density at radius 3 is 2.59 bits per heavy atom. The van der Waals surface area contributed by atoms with Crippen molar-refractivity contribution in [2.24, 2.45) is 5.92 Å². The van der Waals surface area contributed by atoms with Crippen LogP contribution in [0.15, 0.2) is 24.3 Å². The molecule has 3 rings (SSSR count). The van der Waals surface area contributed by atoms with Gasteiger partial charge in [0.05, 0.1) is 11.8 Å². The molecule has 2 N–H and O–H groups in total. The van der Waals surface area contributed by atoms with Gasteiger partial charge in [0.1, 0.15) is 0 Å². The van der Waals surface area contributed by atoms with Crippen molar-refractivity contribution in [3.63, 3.8) is 0 Å². The molecule has 22 heavy (non-hydrogen) atoms. The molecule has 118 valence electrons. The first-order valence-corrected chi connectivity index (χ1v) is 8.11. The molecule has 0 aliphatic carbocycles. The highest BCUT2D eigenvalue weighted by Gasteiger charge is 2.31. The Kier molecular flexibility index (Phi) is 4.73. The number of hydrogen-bond acceptors (Lipinski definition) is 3. The number of aryl methyl sites for hydroxylation is 1. The molecule has 1 fully saturated rings. The molecule has 1 aliphatic rings. The van der Waals surface area contributed by atoms with Crippen molar-refractivity contribution in [2.75, 3.05) is 13.1 Å². The van der Waals surface area contributed by atoms with Gasteiger partial charge in [-0.1, -0.05) is 23.2 Å². The van der Waals surface area contributed by atoms with Crippen molar-refractivity contribution in [2.45, 2.75) is 26.0 Å². The predicted molar refractivity (Wildman–Crippen MR) is 88.3 cm³/mol. The van der Waals surface area contributed by atoms with Gasteiger partial charge in [-0.25, -0.2) is 0 Å². The minimum Gasteiger partial charge on any atom is -0.391 e. The van der Waals surface area contributed by atoms with E-state index in [0.29, 0.717) is 16.6 Å². The molecule has 0 radical (unpaired) electrons. The van der Waals surface area contributed by atoms with Gasteiger partial charge in [-0.15, -0.1) is 0 Å². The van der Waals surface area contributed by atoms with Gasteiger partial charge in [0.15, 0.2) is 0 Å². The van der Waals surface area contributed by atoms with E-state index >= 15 is 0 Å². The maximum Gasteiger partial charge on any atom is 0.0711 e. The summed E-state index contributed by atoms with van der Waals surface area (Å²) in [5.74, 6) is 0.206. The summed E-state index contributed by atoms with van der Waals surface area (Å²) < 4.78 is 0. The molecule has 0 spiro atoms. The van der Waals surface area contributed by atoms with E-state index < -0.39 is 0 Å². The quantitative estimate of drug-likeness (QED) is 0.899. The van der Waals surface area contributed by atoms with E-state index in [0.717, 1.165) is 36.5 Å². The molecule has 0 amide bonds. The Labute approximate surface area is 140 Å². The zero-order valence-corrected chi connectivity index (χ0v) is 13.9. The van der Waals surface area contributed by atoms with Gasteiger partial charge in [0.25, 0.3) is 0 Å². The highest BCUT2D eigenvalue weighted by atomic mass is 35.5. The highest BCUT2D eigenvalue weighted by Crippen LogP contribution is 2.25. The van der Waals surface area contributed by atoms with Gasteiger partial charge in [0.2, 0.25) is 0 Å². The van der Waals surface area contributed by atoms with Gasteiger partial charge in [-0.2, -0.15) is 5.10 Å². The molecule has 0 bridgehead atoms. The van der Waals surface area contributed by atoms with Crippen LogP contribution in [0, 0.1) is 12.8 Å². The Morgan fingerprint density at radius 2 is 1.95 bits per heavy atom. The Bertz CT molecular complexity index is 638. The van der Waals surface area contributed by atoms with Crippen molar-refractivity contribution in [1.82, 2.24) is 15.1 Å². The van der Waals surface area contributed by atoms with Gasteiger partial charge < -0.3 is 5.11 Å². The number of aromatic nitrogens is 2. The first-order chi connectivity index (χ1) is 10.5. The van der Waals surface area contributed by atoms with Crippen LogP contribution in [0.4, 0.5) is 0 Å². The second-order valence-corrected chi connectivity index (χ2v) is 6.92. The number of H-pyrrole nitrogens is 1. The highest BCUT2D eigenvalue weighted by molar-refractivity contribution is 6.34. The zero-order chi connectivity index (χ0) is 15.7. The third-order valence-electron chi connectivity index (χ3n) is 4.04. The molecule has 2 heterocycles. The summed E-state index contributed by atoms with van der Waals surface area (Å²) in [6.45, 7) is 4.24. The standard InChI is InChI=1S/C16H19Cl2N3O/c1-10-2-15(20-19-10)5-12-8-21(9-16(12)22)7-11-3-13(17)6-14(18)4-11/h2-4,6,12,16,22H,5,7-9H2,1H3,(H,19,20)/t12-,16+/m1/s1. The molecule has 1 aromatic carbocycles. The fraction of sp³-hybridized carbons (Fsp3) is 0.438. The number of nitrogens with zero attached hydrogens (tertiary/aromatic N) is 2. The molecule has 1 saturated heterocycles. The molecule has 0 saturated carbocycles. The Hall–Kier alpha value is -1.07. The molecular weight excluding hydrogens is 321 g/mol. The summed E-state index contributed by atoms with van der Waals surface area (Å²) in [5, 5.41) is 18.8. The SMILES string of the molecule is Cc1cc(C[C@@H]2CN(Cc3cc(Cl)cc(Cl)c3)C[C@@H]2O)n[nH]1. The van der Waals surface area contributed by atoms with Crippen molar-refractivity contribution < 1.29 is 5.11 Å². The van der Waals surface area contributed by atoms with E-state index in [1.807, 2.05) is 25.1 Å². The second kappa shape index (κ2) is 6.59. The van der Waals surface area contributed by atoms with Crippen molar-refractivity contribution in [1.29, 1.82) is 0 Å². The van der Waals surface area contributed by atoms with Gasteiger partial charge in [-0.05, 0) is 43.2 Å². The lowest BCUT2D eigenvalue weighted by Crippen LogP contribution is -2.21. The van der Waals surface area contributed by atoms with Crippen LogP contribution in [0.3, 0.4) is 0 Å². The number of benzene rings is 1. The third-order valence-corrected chi connectivity index (χ3v) is 4.48. The number of aliphatic hydroxyl groups is 1. The summed E-state index contributed by atoms with van der Waals surface area (Å²) in [4.78, 5) is 2.23. The summed E-state index contributed by atoms with van der Waals surface area (Å²) in [6, 6.07) is 7.61. The lowest BCUT2D eigenvalue weighted by Gasteiger charge is -2.15. The maximum absolute atomic E-state index is 10.3. The van der Waals surface area contributed by atoms with Crippen LogP contribution in [-0.2, 0) is 13.0 Å². The smallest absolute Gasteiger partial charge is 0.0711 e. The monoisotopic (exact) mass is 339 g/mol. The average molecular weight is 340 g/mol. The van der Waals surface area contributed by atoms with E-state index in [1.165, 1.54) is 0 Å². The van der Waals surface area contributed by atoms with Crippen LogP contribution in [-0.4, -0.2) is 39.4 Å². The van der Waals surface area contributed by atoms with Gasteiger partial charge in [0, 0.05) is 41.3 Å². The van der Waals surface area contributed by atoms with Crippen molar-refractivity contribution >= 4 is 23.2 Å². The zero-order valence-electron chi connectivity index (χ0n) is 12.4. The van der Waals surface area contributed by atoms with E-state index in [9.17, 15) is 5.11 Å². The van der Waals surface area contributed by atoms with Gasteiger partial charge in [-0.3, -0.25) is 10.00 Å². The van der Waals surface area contributed by atoms with E-state index in [4.69, 9.17) is 23.2 Å². The molecule has 4 nitrogen and oxygen atoms in total. The largest absolute Gasteiger partial charge is 0.391 e. The minimum absolute atomic E-state index is 0.206. The third kappa shape index (κ3) is 3.82. The minimum atomic E-state index is -0.327. The topological polar surface area (TPSA) is 52.1 Å². The van der Waals surface area contributed by atoms with Crippen molar-refractivity contribution in [3.05, 3.63) is 51.3 Å². The number of aromatic amines is 1. The normalized spacial score (nSPS) is 22.4. The first-order valence-electron chi connectivity index (χ1n) is 7.36. The maximum atomic E-state index is 10.3. The van der Waals surface area contributed by atoms with Crippen LogP contribution in [0.1, 0.15) is 17.0 Å². The van der Waals surface area contributed by atoms with Crippen LogP contribution >= 0.6 is 23.2 Å². The van der Waals surface area contributed by atoms with E-state index in [1.54, 1.807) is 6.07 Å². The molecule has 1 aliphatic heterocycles. The lowest BCUT2D eigenvalue weighted by molar-refractivity contribution is 0.140. The number of rotatable bonds is 4. The summed E-state index contributed by atoms with van der Waals surface area (Å²) in [6.07, 6.45) is 0.463. The number of halogens is 2. The second-order valence-electron chi connectivity index (χ2n) is 6.05. The van der Waals surface area contributed by atoms with E-state index in [2.05, 4.69) is 15.1 Å². The Balaban J connectivity index is 1.62. The number of hydrogen-bond donors (Lipinski definition) is 2. The van der Waals surface area contributed by atoms with Gasteiger partial charge >= 0.3 is 0 Å². The van der Waals surface area contributed by atoms with Crippen LogP contribution < -0.4 is 0 Å². The molecule has 2 aromatic rings. The molecule has 6 heteroatoms. The molecule has 2 atom stereocenters. The molecule has 1 aromatic heterocycles. The molecule has 0 unspecified atom stereocenters. The first kappa shape index (κ1) is 15.8. The number of likely N-dealkylation sites (tertiary alicyclic amines) is 1.